The SMILES string of the molecule is O=C(CCC/C=C/CO)CCC/C=C/CO. The maximum absolute atomic E-state index is 11.4. The molecule has 3 heteroatoms. The van der Waals surface area contributed by atoms with Crippen molar-refractivity contribution in [2.24, 2.45) is 0 Å². The fourth-order valence-corrected chi connectivity index (χ4v) is 1.34. The van der Waals surface area contributed by atoms with Gasteiger partial charge in [-0.2, -0.15) is 0 Å². The number of rotatable bonds is 10. The molecule has 2 N–H and O–H groups in total. The van der Waals surface area contributed by atoms with E-state index in [1.54, 1.807) is 12.2 Å². The second-order valence-electron chi connectivity index (χ2n) is 3.63. The number of hydrogen-bond donors (Lipinski definition) is 2. The van der Waals surface area contributed by atoms with Crippen LogP contribution in [0.2, 0.25) is 0 Å². The third-order valence-electron chi connectivity index (χ3n) is 2.20. The number of unbranched alkanes of at least 4 members (excludes halogenated alkanes) is 2. The largest absolute Gasteiger partial charge is 0.392 e. The van der Waals surface area contributed by atoms with Gasteiger partial charge in [-0.15, -0.1) is 0 Å². The first-order valence-electron chi connectivity index (χ1n) is 5.84. The summed E-state index contributed by atoms with van der Waals surface area (Å²) in [6.45, 7) is 0.149. The van der Waals surface area contributed by atoms with E-state index in [1.807, 2.05) is 12.2 Å². The lowest BCUT2D eigenvalue weighted by Crippen LogP contribution is -1.96. The van der Waals surface area contributed by atoms with Gasteiger partial charge in [0, 0.05) is 12.8 Å². The summed E-state index contributed by atoms with van der Waals surface area (Å²) in [6.07, 6.45) is 11.9. The molecule has 0 aliphatic heterocycles. The first-order chi connectivity index (χ1) is 7.81. The van der Waals surface area contributed by atoms with Gasteiger partial charge in [-0.25, -0.2) is 0 Å². The first-order valence-corrected chi connectivity index (χ1v) is 5.84. The smallest absolute Gasteiger partial charge is 0.132 e. The summed E-state index contributed by atoms with van der Waals surface area (Å²) >= 11 is 0. The summed E-state index contributed by atoms with van der Waals surface area (Å²) in [5, 5.41) is 17.0. The lowest BCUT2D eigenvalue weighted by molar-refractivity contribution is -0.119. The number of hydrogen-bond acceptors (Lipinski definition) is 3. The summed E-state index contributed by atoms with van der Waals surface area (Å²) in [7, 11) is 0. The molecule has 0 saturated carbocycles. The molecule has 0 spiro atoms. The van der Waals surface area contributed by atoms with Crippen molar-refractivity contribution in [1.29, 1.82) is 0 Å². The van der Waals surface area contributed by atoms with Gasteiger partial charge in [-0.3, -0.25) is 4.79 Å². The van der Waals surface area contributed by atoms with Crippen LogP contribution in [0.4, 0.5) is 0 Å². The van der Waals surface area contributed by atoms with E-state index < -0.39 is 0 Å². The van der Waals surface area contributed by atoms with Crippen molar-refractivity contribution in [3.63, 3.8) is 0 Å². The summed E-state index contributed by atoms with van der Waals surface area (Å²) in [4.78, 5) is 11.4. The van der Waals surface area contributed by atoms with E-state index in [9.17, 15) is 4.79 Å². The molecular formula is C13H22O3. The fourth-order valence-electron chi connectivity index (χ4n) is 1.34. The number of carbonyl (C=O) groups is 1. The van der Waals surface area contributed by atoms with Crippen molar-refractivity contribution in [2.45, 2.75) is 38.5 Å². The van der Waals surface area contributed by atoms with Gasteiger partial charge in [0.15, 0.2) is 0 Å². The summed E-state index contributed by atoms with van der Waals surface area (Å²) in [5.41, 5.74) is 0. The molecule has 0 aromatic carbocycles. The Hall–Kier alpha value is -0.930. The Labute approximate surface area is 97.5 Å². The molecule has 0 unspecified atom stereocenters. The lowest BCUT2D eigenvalue weighted by Gasteiger charge is -1.97. The molecule has 0 amide bonds. The topological polar surface area (TPSA) is 57.5 Å². The zero-order chi connectivity index (χ0) is 12.1. The van der Waals surface area contributed by atoms with Crippen molar-refractivity contribution in [2.75, 3.05) is 13.2 Å². The molecule has 0 rings (SSSR count). The predicted octanol–water partition coefficient (Wildman–Crippen LogP) is 1.99. The van der Waals surface area contributed by atoms with Crippen LogP contribution in [0.1, 0.15) is 38.5 Å². The molecule has 16 heavy (non-hydrogen) atoms. The third-order valence-corrected chi connectivity index (χ3v) is 2.20. The molecule has 0 aliphatic rings. The van der Waals surface area contributed by atoms with Crippen LogP contribution >= 0.6 is 0 Å². The Bertz CT molecular complexity index is 197. The van der Waals surface area contributed by atoms with Crippen LogP contribution in [0.3, 0.4) is 0 Å². The minimum Gasteiger partial charge on any atom is -0.392 e. The number of aliphatic hydroxyl groups is 2. The molecule has 0 fully saturated rings. The highest BCUT2D eigenvalue weighted by Gasteiger charge is 1.99. The lowest BCUT2D eigenvalue weighted by atomic mass is 10.1. The zero-order valence-corrected chi connectivity index (χ0v) is 9.77. The number of allylic oxidation sites excluding steroid dienone is 2. The fraction of sp³-hybridized carbons (Fsp3) is 0.615. The molecule has 0 radical (unpaired) electrons. The van der Waals surface area contributed by atoms with Gasteiger partial charge in [-0.1, -0.05) is 24.3 Å². The van der Waals surface area contributed by atoms with Crippen LogP contribution in [0.5, 0.6) is 0 Å². The molecule has 0 aromatic rings. The van der Waals surface area contributed by atoms with Crippen LogP contribution in [0.25, 0.3) is 0 Å². The summed E-state index contributed by atoms with van der Waals surface area (Å²) < 4.78 is 0. The van der Waals surface area contributed by atoms with E-state index >= 15 is 0 Å². The van der Waals surface area contributed by atoms with Crippen molar-refractivity contribution in [1.82, 2.24) is 0 Å². The van der Waals surface area contributed by atoms with E-state index in [0.717, 1.165) is 25.7 Å². The highest BCUT2D eigenvalue weighted by atomic mass is 16.3. The van der Waals surface area contributed by atoms with Gasteiger partial charge in [0.05, 0.1) is 13.2 Å². The number of carbonyl (C=O) groups excluding carboxylic acids is 1. The zero-order valence-electron chi connectivity index (χ0n) is 9.77. The highest BCUT2D eigenvalue weighted by molar-refractivity contribution is 5.78. The Morgan fingerprint density at radius 2 is 1.25 bits per heavy atom. The third kappa shape index (κ3) is 11.1. The molecule has 0 aromatic heterocycles. The van der Waals surface area contributed by atoms with Gasteiger partial charge in [0.1, 0.15) is 5.78 Å². The van der Waals surface area contributed by atoms with Gasteiger partial charge in [0.2, 0.25) is 0 Å². The van der Waals surface area contributed by atoms with E-state index in [4.69, 9.17) is 10.2 Å². The molecule has 3 nitrogen and oxygen atoms in total. The van der Waals surface area contributed by atoms with Gasteiger partial charge in [-0.05, 0) is 25.7 Å². The standard InChI is InChI=1S/C13H22O3/c14-11-7-3-1-5-9-13(16)10-6-2-4-8-12-15/h3-4,7-8,14-15H,1-2,5-6,9-12H2/b7-3+,8-4+. The van der Waals surface area contributed by atoms with E-state index in [0.29, 0.717) is 18.6 Å². The number of aliphatic hydroxyl groups excluding tert-OH is 2. The summed E-state index contributed by atoms with van der Waals surface area (Å²) in [6, 6.07) is 0. The first kappa shape index (κ1) is 15.1. The predicted molar refractivity (Wildman–Crippen MR) is 65.2 cm³/mol. The molecule has 0 saturated heterocycles. The minimum atomic E-state index is 0.0745. The van der Waals surface area contributed by atoms with Crippen molar-refractivity contribution in [3.8, 4) is 0 Å². The molecular weight excluding hydrogens is 204 g/mol. The van der Waals surface area contributed by atoms with Crippen molar-refractivity contribution < 1.29 is 15.0 Å². The molecule has 0 atom stereocenters. The van der Waals surface area contributed by atoms with Crippen LogP contribution in [0, 0.1) is 0 Å². The summed E-state index contributed by atoms with van der Waals surface area (Å²) in [5.74, 6) is 0.301. The van der Waals surface area contributed by atoms with Crippen molar-refractivity contribution in [3.05, 3.63) is 24.3 Å². The van der Waals surface area contributed by atoms with E-state index in [1.165, 1.54) is 0 Å². The molecule has 0 heterocycles. The van der Waals surface area contributed by atoms with Gasteiger partial charge >= 0.3 is 0 Å². The Kier molecular flexibility index (Phi) is 11.4. The Morgan fingerprint density at radius 1 is 0.812 bits per heavy atom. The average Bonchev–Trinajstić information content (AvgIpc) is 2.28. The van der Waals surface area contributed by atoms with Crippen LogP contribution in [-0.2, 0) is 4.79 Å². The minimum absolute atomic E-state index is 0.0745. The number of Topliss-reactive ketones (excluding diaryl/α,β-unsaturated/α-hetero) is 1. The quantitative estimate of drug-likeness (QED) is 0.442. The van der Waals surface area contributed by atoms with Crippen molar-refractivity contribution >= 4 is 5.78 Å². The maximum atomic E-state index is 11.4. The van der Waals surface area contributed by atoms with E-state index in [-0.39, 0.29) is 13.2 Å². The van der Waals surface area contributed by atoms with Gasteiger partial charge < -0.3 is 10.2 Å². The van der Waals surface area contributed by atoms with Gasteiger partial charge in [0.25, 0.3) is 0 Å². The normalized spacial score (nSPS) is 11.6. The van der Waals surface area contributed by atoms with E-state index in [2.05, 4.69) is 0 Å². The molecule has 0 bridgehead atoms. The number of ketones is 1. The maximum Gasteiger partial charge on any atom is 0.132 e. The average molecular weight is 226 g/mol. The van der Waals surface area contributed by atoms with Crippen LogP contribution in [0.15, 0.2) is 24.3 Å². The Balaban J connectivity index is 3.31. The highest BCUT2D eigenvalue weighted by Crippen LogP contribution is 2.04. The van der Waals surface area contributed by atoms with Crippen LogP contribution in [-0.4, -0.2) is 29.2 Å². The molecule has 0 aliphatic carbocycles. The monoisotopic (exact) mass is 226 g/mol. The Morgan fingerprint density at radius 3 is 1.62 bits per heavy atom. The van der Waals surface area contributed by atoms with Crippen LogP contribution < -0.4 is 0 Å². The molecule has 92 valence electrons. The second kappa shape index (κ2) is 12.1. The second-order valence-corrected chi connectivity index (χ2v) is 3.63.